The Morgan fingerprint density at radius 2 is 2.25 bits per heavy atom. The van der Waals surface area contributed by atoms with Gasteiger partial charge < -0.3 is 5.11 Å². The largest absolute Gasteiger partial charge is 0.481 e. The highest BCUT2D eigenvalue weighted by atomic mass is 16.4. The highest BCUT2D eigenvalue weighted by molar-refractivity contribution is 5.72. The molecule has 0 amide bonds. The van der Waals surface area contributed by atoms with Crippen molar-refractivity contribution in [1.82, 2.24) is 0 Å². The minimum absolute atomic E-state index is 0.224. The first-order valence-corrected chi connectivity index (χ1v) is 4.65. The van der Waals surface area contributed by atoms with Crippen molar-refractivity contribution in [2.45, 2.75) is 32.6 Å². The van der Waals surface area contributed by atoms with Crippen LogP contribution < -0.4 is 0 Å². The first kappa shape index (κ1) is 9.30. The van der Waals surface area contributed by atoms with Crippen molar-refractivity contribution in [3.05, 3.63) is 12.2 Å². The van der Waals surface area contributed by atoms with Crippen molar-refractivity contribution in [1.29, 1.82) is 0 Å². The Morgan fingerprint density at radius 3 is 2.67 bits per heavy atom. The molecule has 0 saturated heterocycles. The molecule has 2 atom stereocenters. The summed E-state index contributed by atoms with van der Waals surface area (Å²) in [5.74, 6) is -0.273. The Kier molecular flexibility index (Phi) is 3.32. The Bertz CT molecular complexity index is 184. The number of carbonyl (C=O) groups is 1. The van der Waals surface area contributed by atoms with Crippen LogP contribution in [-0.4, -0.2) is 11.1 Å². The molecule has 0 radical (unpaired) electrons. The molecule has 2 heteroatoms. The maximum Gasteiger partial charge on any atom is 0.310 e. The Balaban J connectivity index is 2.42. The number of carboxylic acids is 1. The molecule has 1 aliphatic rings. The number of rotatable bonds is 3. The second-order valence-electron chi connectivity index (χ2n) is 3.46. The normalized spacial score (nSPS) is 28.8. The van der Waals surface area contributed by atoms with Crippen LogP contribution in [0.3, 0.4) is 0 Å². The summed E-state index contributed by atoms with van der Waals surface area (Å²) < 4.78 is 0. The van der Waals surface area contributed by atoms with Crippen molar-refractivity contribution >= 4 is 5.97 Å². The number of allylic oxidation sites excluding steroid dienone is 1. The van der Waals surface area contributed by atoms with Crippen LogP contribution in [0, 0.1) is 11.8 Å². The molecule has 0 aromatic rings. The van der Waals surface area contributed by atoms with Gasteiger partial charge in [-0.25, -0.2) is 0 Å². The third-order valence-corrected chi connectivity index (χ3v) is 2.44. The quantitative estimate of drug-likeness (QED) is 0.657. The summed E-state index contributed by atoms with van der Waals surface area (Å²) in [6, 6.07) is 0. The molecule has 0 bridgehead atoms. The maximum atomic E-state index is 10.6. The van der Waals surface area contributed by atoms with Gasteiger partial charge in [-0.05, 0) is 25.2 Å². The summed E-state index contributed by atoms with van der Waals surface area (Å²) in [7, 11) is 0. The van der Waals surface area contributed by atoms with Gasteiger partial charge in [0.1, 0.15) is 0 Å². The van der Waals surface area contributed by atoms with E-state index < -0.39 is 5.97 Å². The average molecular weight is 168 g/mol. The molecule has 68 valence electrons. The third kappa shape index (κ3) is 2.36. The third-order valence-electron chi connectivity index (χ3n) is 2.44. The molecule has 0 heterocycles. The van der Waals surface area contributed by atoms with Crippen LogP contribution in [0.2, 0.25) is 0 Å². The van der Waals surface area contributed by atoms with Crippen LogP contribution in [0.1, 0.15) is 32.6 Å². The van der Waals surface area contributed by atoms with Gasteiger partial charge in [-0.2, -0.15) is 0 Å². The van der Waals surface area contributed by atoms with Crippen LogP contribution >= 0.6 is 0 Å². The van der Waals surface area contributed by atoms with Crippen molar-refractivity contribution in [2.75, 3.05) is 0 Å². The molecule has 0 aromatic heterocycles. The van der Waals surface area contributed by atoms with E-state index in [0.29, 0.717) is 5.92 Å². The molecule has 0 aromatic carbocycles. The summed E-state index contributed by atoms with van der Waals surface area (Å²) in [4.78, 5) is 10.6. The Hall–Kier alpha value is -0.790. The number of hydrogen-bond acceptors (Lipinski definition) is 1. The van der Waals surface area contributed by atoms with Crippen molar-refractivity contribution in [3.8, 4) is 0 Å². The average Bonchev–Trinajstić information content (AvgIpc) is 2.06. The van der Waals surface area contributed by atoms with Crippen molar-refractivity contribution in [2.24, 2.45) is 11.8 Å². The van der Waals surface area contributed by atoms with Crippen molar-refractivity contribution in [3.63, 3.8) is 0 Å². The fraction of sp³-hybridized carbons (Fsp3) is 0.700. The monoisotopic (exact) mass is 168 g/mol. The zero-order valence-electron chi connectivity index (χ0n) is 7.49. The number of hydrogen-bond donors (Lipinski definition) is 1. The minimum atomic E-state index is -0.679. The van der Waals surface area contributed by atoms with Gasteiger partial charge in [-0.1, -0.05) is 25.5 Å². The van der Waals surface area contributed by atoms with E-state index in [-0.39, 0.29) is 5.92 Å². The molecule has 2 nitrogen and oxygen atoms in total. The second-order valence-corrected chi connectivity index (χ2v) is 3.46. The van der Waals surface area contributed by atoms with Gasteiger partial charge in [0.15, 0.2) is 0 Å². The zero-order chi connectivity index (χ0) is 8.97. The van der Waals surface area contributed by atoms with E-state index in [1.54, 1.807) is 0 Å². The summed E-state index contributed by atoms with van der Waals surface area (Å²) in [6.45, 7) is 2.16. The lowest BCUT2D eigenvalue weighted by molar-refractivity contribution is -0.140. The SMILES string of the molecule is CCCC1C=CC(C(=O)O)CC1. The van der Waals surface area contributed by atoms with E-state index in [1.165, 1.54) is 12.8 Å². The first-order chi connectivity index (χ1) is 5.74. The van der Waals surface area contributed by atoms with Crippen LogP contribution in [0.4, 0.5) is 0 Å². The van der Waals surface area contributed by atoms with Gasteiger partial charge in [0.25, 0.3) is 0 Å². The molecular formula is C10H16O2. The summed E-state index contributed by atoms with van der Waals surface area (Å²) >= 11 is 0. The van der Waals surface area contributed by atoms with Gasteiger partial charge in [0, 0.05) is 0 Å². The summed E-state index contributed by atoms with van der Waals surface area (Å²) in [6.07, 6.45) is 8.17. The van der Waals surface area contributed by atoms with E-state index in [1.807, 2.05) is 6.08 Å². The van der Waals surface area contributed by atoms with Crippen molar-refractivity contribution < 1.29 is 9.90 Å². The fourth-order valence-electron chi connectivity index (χ4n) is 1.69. The predicted octanol–water partition coefficient (Wildman–Crippen LogP) is 2.45. The van der Waals surface area contributed by atoms with E-state index in [0.717, 1.165) is 12.8 Å². The highest BCUT2D eigenvalue weighted by Gasteiger charge is 2.19. The smallest absolute Gasteiger partial charge is 0.310 e. The lowest BCUT2D eigenvalue weighted by atomic mass is 9.86. The van der Waals surface area contributed by atoms with Gasteiger partial charge in [0.2, 0.25) is 0 Å². The Morgan fingerprint density at radius 1 is 1.50 bits per heavy atom. The lowest BCUT2D eigenvalue weighted by Gasteiger charge is -2.19. The maximum absolute atomic E-state index is 10.6. The van der Waals surface area contributed by atoms with Crippen LogP contribution in [0.15, 0.2) is 12.2 Å². The predicted molar refractivity (Wildman–Crippen MR) is 47.9 cm³/mol. The van der Waals surface area contributed by atoms with E-state index in [9.17, 15) is 4.79 Å². The van der Waals surface area contributed by atoms with Gasteiger partial charge in [0.05, 0.1) is 5.92 Å². The number of carboxylic acid groups (broad SMARTS) is 1. The standard InChI is InChI=1S/C10H16O2/c1-2-3-8-4-6-9(7-5-8)10(11)12/h4,6,8-9H,2-3,5,7H2,1H3,(H,11,12). The van der Waals surface area contributed by atoms with Gasteiger partial charge in [-0.3, -0.25) is 4.79 Å². The minimum Gasteiger partial charge on any atom is -0.481 e. The molecule has 12 heavy (non-hydrogen) atoms. The molecule has 1 aliphatic carbocycles. The van der Waals surface area contributed by atoms with Crippen LogP contribution in [0.25, 0.3) is 0 Å². The molecule has 0 fully saturated rings. The topological polar surface area (TPSA) is 37.3 Å². The molecule has 1 N–H and O–H groups in total. The van der Waals surface area contributed by atoms with E-state index in [4.69, 9.17) is 5.11 Å². The van der Waals surface area contributed by atoms with E-state index in [2.05, 4.69) is 13.0 Å². The van der Waals surface area contributed by atoms with E-state index >= 15 is 0 Å². The lowest BCUT2D eigenvalue weighted by Crippen LogP contribution is -2.16. The summed E-state index contributed by atoms with van der Waals surface area (Å²) in [5, 5.41) is 8.70. The van der Waals surface area contributed by atoms with Crippen LogP contribution in [-0.2, 0) is 4.79 Å². The molecule has 2 unspecified atom stereocenters. The zero-order valence-corrected chi connectivity index (χ0v) is 7.49. The molecule has 0 spiro atoms. The van der Waals surface area contributed by atoms with Crippen LogP contribution in [0.5, 0.6) is 0 Å². The fourth-order valence-corrected chi connectivity index (χ4v) is 1.69. The van der Waals surface area contributed by atoms with Gasteiger partial charge in [-0.15, -0.1) is 0 Å². The second kappa shape index (κ2) is 4.29. The van der Waals surface area contributed by atoms with Gasteiger partial charge >= 0.3 is 5.97 Å². The molecule has 0 saturated carbocycles. The summed E-state index contributed by atoms with van der Waals surface area (Å²) in [5.41, 5.74) is 0. The molecule has 1 rings (SSSR count). The molecular weight excluding hydrogens is 152 g/mol. The highest BCUT2D eigenvalue weighted by Crippen LogP contribution is 2.25. The Labute approximate surface area is 73.3 Å². The number of aliphatic carboxylic acids is 1. The molecule has 0 aliphatic heterocycles. The first-order valence-electron chi connectivity index (χ1n) is 4.65.